The van der Waals surface area contributed by atoms with Crippen LogP contribution in [0, 0.1) is 19.3 Å². The minimum absolute atomic E-state index is 0. The molecule has 0 radical (unpaired) electrons. The van der Waals surface area contributed by atoms with Gasteiger partial charge in [0.25, 0.3) is 0 Å². The highest BCUT2D eigenvalue weighted by Gasteiger charge is 1.82. The SMILES string of the molecule is Br.C#Cc1ccc(C)cc1. The first-order valence-corrected chi connectivity index (χ1v) is 2.86. The molecule has 1 aromatic carbocycles. The number of hydrogen-bond acceptors (Lipinski definition) is 0. The predicted molar refractivity (Wildman–Crippen MR) is 49.4 cm³/mol. The molecule has 0 spiro atoms. The van der Waals surface area contributed by atoms with Crippen molar-refractivity contribution in [2.75, 3.05) is 0 Å². The molecule has 0 saturated heterocycles. The van der Waals surface area contributed by atoms with E-state index >= 15 is 0 Å². The van der Waals surface area contributed by atoms with Crippen LogP contribution in [0.4, 0.5) is 0 Å². The van der Waals surface area contributed by atoms with Crippen molar-refractivity contribution >= 4 is 17.0 Å². The van der Waals surface area contributed by atoms with Gasteiger partial charge in [0.1, 0.15) is 0 Å². The van der Waals surface area contributed by atoms with Crippen molar-refractivity contribution in [3.05, 3.63) is 35.4 Å². The summed E-state index contributed by atoms with van der Waals surface area (Å²) in [6.45, 7) is 2.04. The van der Waals surface area contributed by atoms with Crippen molar-refractivity contribution in [2.24, 2.45) is 0 Å². The molecule has 52 valence electrons. The van der Waals surface area contributed by atoms with E-state index in [1.165, 1.54) is 5.56 Å². The van der Waals surface area contributed by atoms with E-state index in [1.54, 1.807) is 0 Å². The Labute approximate surface area is 72.0 Å². The molecule has 10 heavy (non-hydrogen) atoms. The van der Waals surface area contributed by atoms with Gasteiger partial charge in [-0.15, -0.1) is 23.4 Å². The Balaban J connectivity index is 0.000000810. The molecule has 0 aromatic heterocycles. The second-order valence-electron chi connectivity index (χ2n) is 2.01. The van der Waals surface area contributed by atoms with Crippen LogP contribution in [0.2, 0.25) is 0 Å². The number of halogens is 1. The fraction of sp³-hybridized carbons (Fsp3) is 0.111. The Morgan fingerprint density at radius 2 is 1.70 bits per heavy atom. The molecule has 0 fully saturated rings. The average molecular weight is 197 g/mol. The zero-order valence-electron chi connectivity index (χ0n) is 5.79. The minimum Gasteiger partial charge on any atom is -0.115 e. The summed E-state index contributed by atoms with van der Waals surface area (Å²) >= 11 is 0. The molecule has 1 rings (SSSR count). The first-order valence-electron chi connectivity index (χ1n) is 2.86. The smallest absolute Gasteiger partial charge is 0.0242 e. The number of benzene rings is 1. The van der Waals surface area contributed by atoms with Gasteiger partial charge in [0.2, 0.25) is 0 Å². The monoisotopic (exact) mass is 196 g/mol. The fourth-order valence-corrected chi connectivity index (χ4v) is 0.650. The Morgan fingerprint density at radius 3 is 2.10 bits per heavy atom. The first kappa shape index (κ1) is 9.26. The van der Waals surface area contributed by atoms with Crippen LogP contribution in [0.5, 0.6) is 0 Å². The normalized spacial score (nSPS) is 7.60. The van der Waals surface area contributed by atoms with Crippen LogP contribution in [0.3, 0.4) is 0 Å². The van der Waals surface area contributed by atoms with Gasteiger partial charge in [0, 0.05) is 5.56 Å². The zero-order chi connectivity index (χ0) is 6.69. The van der Waals surface area contributed by atoms with E-state index in [2.05, 4.69) is 5.92 Å². The van der Waals surface area contributed by atoms with Crippen molar-refractivity contribution in [1.82, 2.24) is 0 Å². The molecule has 1 aromatic rings. The lowest BCUT2D eigenvalue weighted by Gasteiger charge is -1.89. The summed E-state index contributed by atoms with van der Waals surface area (Å²) in [7, 11) is 0. The quantitative estimate of drug-likeness (QED) is 0.560. The lowest BCUT2D eigenvalue weighted by atomic mass is 10.2. The molecule has 0 nitrogen and oxygen atoms in total. The van der Waals surface area contributed by atoms with Crippen LogP contribution in [0.1, 0.15) is 11.1 Å². The van der Waals surface area contributed by atoms with Crippen LogP contribution in [-0.2, 0) is 0 Å². The summed E-state index contributed by atoms with van der Waals surface area (Å²) in [6.07, 6.45) is 5.15. The number of rotatable bonds is 0. The molecule has 0 unspecified atom stereocenters. The van der Waals surface area contributed by atoms with Crippen molar-refractivity contribution in [1.29, 1.82) is 0 Å². The summed E-state index contributed by atoms with van der Waals surface area (Å²) in [4.78, 5) is 0. The highest BCUT2D eigenvalue weighted by molar-refractivity contribution is 8.93. The van der Waals surface area contributed by atoms with E-state index < -0.39 is 0 Å². The summed E-state index contributed by atoms with van der Waals surface area (Å²) in [5.74, 6) is 2.55. The summed E-state index contributed by atoms with van der Waals surface area (Å²) in [6, 6.07) is 7.90. The Morgan fingerprint density at radius 1 is 1.20 bits per heavy atom. The Bertz CT molecular complexity index is 228. The van der Waals surface area contributed by atoms with Gasteiger partial charge in [0.05, 0.1) is 0 Å². The first-order chi connectivity index (χ1) is 4.33. The summed E-state index contributed by atoms with van der Waals surface area (Å²) < 4.78 is 0. The topological polar surface area (TPSA) is 0 Å². The van der Waals surface area contributed by atoms with E-state index in [0.29, 0.717) is 0 Å². The standard InChI is InChI=1S/C9H8.BrH/c1-3-9-6-4-8(2)5-7-9;/h1,4-7H,2H3;1H. The highest BCUT2D eigenvalue weighted by Crippen LogP contribution is 1.99. The molecule has 0 bridgehead atoms. The lowest BCUT2D eigenvalue weighted by molar-refractivity contribution is 1.46. The molecule has 0 N–H and O–H groups in total. The number of terminal acetylenes is 1. The Hall–Kier alpha value is -0.740. The molecule has 0 saturated carbocycles. The van der Waals surface area contributed by atoms with Gasteiger partial charge >= 0.3 is 0 Å². The average Bonchev–Trinajstić information content (AvgIpc) is 1.90. The molecular formula is C9H9Br. The van der Waals surface area contributed by atoms with Crippen molar-refractivity contribution in [2.45, 2.75) is 6.92 Å². The third-order valence-electron chi connectivity index (χ3n) is 1.22. The fourth-order valence-electron chi connectivity index (χ4n) is 0.650. The molecule has 0 heterocycles. The molecule has 0 aliphatic carbocycles. The molecule has 0 aliphatic rings. The number of aryl methyl sites for hydroxylation is 1. The molecule has 0 aliphatic heterocycles. The summed E-state index contributed by atoms with van der Waals surface area (Å²) in [5, 5.41) is 0. The minimum atomic E-state index is 0. The van der Waals surface area contributed by atoms with E-state index in [9.17, 15) is 0 Å². The van der Waals surface area contributed by atoms with Gasteiger partial charge in [-0.1, -0.05) is 23.6 Å². The van der Waals surface area contributed by atoms with Gasteiger partial charge in [0.15, 0.2) is 0 Å². The Kier molecular flexibility index (Phi) is 3.83. The van der Waals surface area contributed by atoms with Gasteiger partial charge in [-0.05, 0) is 19.1 Å². The van der Waals surface area contributed by atoms with Crippen molar-refractivity contribution < 1.29 is 0 Å². The van der Waals surface area contributed by atoms with Gasteiger partial charge in [-0.3, -0.25) is 0 Å². The van der Waals surface area contributed by atoms with Crippen molar-refractivity contribution in [3.63, 3.8) is 0 Å². The summed E-state index contributed by atoms with van der Waals surface area (Å²) in [5.41, 5.74) is 2.19. The highest BCUT2D eigenvalue weighted by atomic mass is 79.9. The van der Waals surface area contributed by atoms with Crippen LogP contribution >= 0.6 is 17.0 Å². The van der Waals surface area contributed by atoms with E-state index in [1.807, 2.05) is 31.2 Å². The molecular weight excluding hydrogens is 188 g/mol. The van der Waals surface area contributed by atoms with Crippen LogP contribution in [0.15, 0.2) is 24.3 Å². The largest absolute Gasteiger partial charge is 0.115 e. The maximum Gasteiger partial charge on any atom is 0.0242 e. The molecule has 0 atom stereocenters. The zero-order valence-corrected chi connectivity index (χ0v) is 7.51. The van der Waals surface area contributed by atoms with Crippen LogP contribution in [0.25, 0.3) is 0 Å². The van der Waals surface area contributed by atoms with E-state index in [0.717, 1.165) is 5.56 Å². The predicted octanol–water partition coefficient (Wildman–Crippen LogP) is 2.55. The van der Waals surface area contributed by atoms with E-state index in [-0.39, 0.29) is 17.0 Å². The van der Waals surface area contributed by atoms with E-state index in [4.69, 9.17) is 6.42 Å². The molecule has 0 amide bonds. The van der Waals surface area contributed by atoms with Crippen molar-refractivity contribution in [3.8, 4) is 12.3 Å². The van der Waals surface area contributed by atoms with Crippen LogP contribution in [-0.4, -0.2) is 0 Å². The van der Waals surface area contributed by atoms with Gasteiger partial charge in [-0.25, -0.2) is 0 Å². The third kappa shape index (κ3) is 2.24. The maximum atomic E-state index is 5.15. The van der Waals surface area contributed by atoms with Gasteiger partial charge in [-0.2, -0.15) is 0 Å². The third-order valence-corrected chi connectivity index (χ3v) is 1.22. The second-order valence-corrected chi connectivity index (χ2v) is 2.01. The number of hydrogen-bond donors (Lipinski definition) is 0. The molecule has 1 heteroatoms. The maximum absolute atomic E-state index is 5.15. The lowest BCUT2D eigenvalue weighted by Crippen LogP contribution is -1.72. The van der Waals surface area contributed by atoms with Crippen LogP contribution < -0.4 is 0 Å². The van der Waals surface area contributed by atoms with Gasteiger partial charge < -0.3 is 0 Å². The second kappa shape index (κ2) is 4.14.